The van der Waals surface area contributed by atoms with Crippen molar-refractivity contribution in [2.75, 3.05) is 0 Å². The van der Waals surface area contributed by atoms with Crippen molar-refractivity contribution in [2.45, 2.75) is 0 Å². The van der Waals surface area contributed by atoms with Gasteiger partial charge in [0.15, 0.2) is 5.43 Å². The van der Waals surface area contributed by atoms with E-state index < -0.39 is 0 Å². The SMILES string of the molecule is C=C/C=C(\C=C)c1cc(=O)cc[nH]1. The molecule has 1 aromatic rings. The van der Waals surface area contributed by atoms with Crippen molar-refractivity contribution in [3.05, 3.63) is 65.6 Å². The molecule has 2 heteroatoms. The molecule has 1 rings (SSSR count). The highest BCUT2D eigenvalue weighted by atomic mass is 16.1. The molecule has 0 aliphatic heterocycles. The Kier molecular flexibility index (Phi) is 3.03. The van der Waals surface area contributed by atoms with E-state index in [0.717, 1.165) is 11.3 Å². The molecule has 0 aliphatic rings. The molecular formula is C11H11NO. The van der Waals surface area contributed by atoms with Gasteiger partial charge < -0.3 is 4.98 Å². The zero-order chi connectivity index (χ0) is 9.68. The van der Waals surface area contributed by atoms with Gasteiger partial charge in [0.25, 0.3) is 0 Å². The van der Waals surface area contributed by atoms with Gasteiger partial charge in [0, 0.05) is 24.0 Å². The van der Waals surface area contributed by atoms with Gasteiger partial charge >= 0.3 is 0 Å². The second-order valence-electron chi connectivity index (χ2n) is 2.50. The Balaban J connectivity index is 3.19. The van der Waals surface area contributed by atoms with Crippen LogP contribution in [0, 0.1) is 0 Å². The van der Waals surface area contributed by atoms with E-state index in [1.165, 1.54) is 12.1 Å². The summed E-state index contributed by atoms with van der Waals surface area (Å²) in [7, 11) is 0. The van der Waals surface area contributed by atoms with Crippen LogP contribution in [-0.2, 0) is 0 Å². The van der Waals surface area contributed by atoms with Gasteiger partial charge in [0.05, 0.1) is 0 Å². The maximum Gasteiger partial charge on any atom is 0.182 e. The van der Waals surface area contributed by atoms with E-state index in [1.54, 1.807) is 24.4 Å². The Morgan fingerprint density at radius 1 is 1.46 bits per heavy atom. The molecule has 1 heterocycles. The number of aromatic nitrogens is 1. The lowest BCUT2D eigenvalue weighted by Crippen LogP contribution is -1.99. The molecule has 0 aromatic carbocycles. The number of pyridine rings is 1. The van der Waals surface area contributed by atoms with Gasteiger partial charge in [-0.3, -0.25) is 4.79 Å². The fraction of sp³-hybridized carbons (Fsp3) is 0. The zero-order valence-electron chi connectivity index (χ0n) is 7.29. The van der Waals surface area contributed by atoms with Crippen LogP contribution >= 0.6 is 0 Å². The highest BCUT2D eigenvalue weighted by Crippen LogP contribution is 2.09. The third-order valence-corrected chi connectivity index (χ3v) is 1.60. The van der Waals surface area contributed by atoms with Crippen molar-refractivity contribution in [1.29, 1.82) is 0 Å². The number of H-pyrrole nitrogens is 1. The predicted molar refractivity (Wildman–Crippen MR) is 55.4 cm³/mol. The fourth-order valence-electron chi connectivity index (χ4n) is 1.01. The third kappa shape index (κ3) is 2.30. The summed E-state index contributed by atoms with van der Waals surface area (Å²) in [5.41, 5.74) is 1.58. The molecule has 13 heavy (non-hydrogen) atoms. The Morgan fingerprint density at radius 2 is 2.23 bits per heavy atom. The zero-order valence-corrected chi connectivity index (χ0v) is 7.29. The quantitative estimate of drug-likeness (QED) is 0.698. The highest BCUT2D eigenvalue weighted by molar-refractivity contribution is 5.72. The van der Waals surface area contributed by atoms with Crippen LogP contribution < -0.4 is 5.43 Å². The molecule has 1 aromatic heterocycles. The summed E-state index contributed by atoms with van der Waals surface area (Å²) >= 11 is 0. The summed E-state index contributed by atoms with van der Waals surface area (Å²) in [6.45, 7) is 7.23. The van der Waals surface area contributed by atoms with Gasteiger partial charge in [0.1, 0.15) is 0 Å². The van der Waals surface area contributed by atoms with Crippen LogP contribution in [0.2, 0.25) is 0 Å². The van der Waals surface area contributed by atoms with Crippen molar-refractivity contribution >= 4 is 5.57 Å². The Bertz CT molecular complexity index is 399. The van der Waals surface area contributed by atoms with E-state index in [4.69, 9.17) is 0 Å². The molecule has 2 nitrogen and oxygen atoms in total. The van der Waals surface area contributed by atoms with Crippen molar-refractivity contribution in [2.24, 2.45) is 0 Å². The summed E-state index contributed by atoms with van der Waals surface area (Å²) < 4.78 is 0. The number of allylic oxidation sites excluding steroid dienone is 4. The first kappa shape index (κ1) is 9.26. The first-order chi connectivity index (χ1) is 6.27. The first-order valence-corrected chi connectivity index (χ1v) is 3.92. The molecule has 0 fully saturated rings. The molecule has 0 radical (unpaired) electrons. The van der Waals surface area contributed by atoms with Gasteiger partial charge in [-0.15, -0.1) is 0 Å². The van der Waals surface area contributed by atoms with Gasteiger partial charge in [0.2, 0.25) is 0 Å². The standard InChI is InChI=1S/C11H11NO/c1-3-5-9(4-2)11-8-10(13)6-7-12-11/h3-8H,1-2H2,(H,12,13)/b9-5+. The van der Waals surface area contributed by atoms with E-state index in [-0.39, 0.29) is 5.43 Å². The van der Waals surface area contributed by atoms with E-state index in [0.29, 0.717) is 0 Å². The largest absolute Gasteiger partial charge is 0.361 e. The van der Waals surface area contributed by atoms with Crippen molar-refractivity contribution < 1.29 is 0 Å². The maximum atomic E-state index is 11.0. The van der Waals surface area contributed by atoms with E-state index in [2.05, 4.69) is 18.1 Å². The van der Waals surface area contributed by atoms with Gasteiger partial charge in [-0.1, -0.05) is 31.4 Å². The average Bonchev–Trinajstić information content (AvgIpc) is 2.14. The molecule has 66 valence electrons. The molecule has 0 spiro atoms. The summed E-state index contributed by atoms with van der Waals surface area (Å²) in [5, 5.41) is 0. The monoisotopic (exact) mass is 173 g/mol. The Morgan fingerprint density at radius 3 is 2.77 bits per heavy atom. The fourth-order valence-corrected chi connectivity index (χ4v) is 1.01. The number of nitrogens with one attached hydrogen (secondary N) is 1. The molecule has 1 N–H and O–H groups in total. The summed E-state index contributed by atoms with van der Waals surface area (Å²) in [5.74, 6) is 0. The highest BCUT2D eigenvalue weighted by Gasteiger charge is 1.95. The molecular weight excluding hydrogens is 162 g/mol. The number of rotatable bonds is 3. The van der Waals surface area contributed by atoms with Crippen LogP contribution in [0.15, 0.2) is 54.5 Å². The number of hydrogen-bond acceptors (Lipinski definition) is 1. The summed E-state index contributed by atoms with van der Waals surface area (Å²) in [6.07, 6.45) is 6.73. The lowest BCUT2D eigenvalue weighted by atomic mass is 10.1. The van der Waals surface area contributed by atoms with Gasteiger partial charge in [-0.05, 0) is 5.57 Å². The minimum Gasteiger partial charge on any atom is -0.361 e. The van der Waals surface area contributed by atoms with Crippen molar-refractivity contribution in [1.82, 2.24) is 4.98 Å². The molecule has 0 bridgehead atoms. The smallest absolute Gasteiger partial charge is 0.182 e. The molecule has 0 amide bonds. The predicted octanol–water partition coefficient (Wildman–Crippen LogP) is 2.13. The topological polar surface area (TPSA) is 32.9 Å². The van der Waals surface area contributed by atoms with E-state index >= 15 is 0 Å². The molecule has 0 saturated heterocycles. The van der Waals surface area contributed by atoms with Gasteiger partial charge in [-0.2, -0.15) is 0 Å². The Hall–Kier alpha value is -1.83. The number of aromatic amines is 1. The van der Waals surface area contributed by atoms with Crippen molar-refractivity contribution in [3.63, 3.8) is 0 Å². The normalized spacial score (nSPS) is 10.9. The number of hydrogen-bond donors (Lipinski definition) is 1. The van der Waals surface area contributed by atoms with Crippen LogP contribution in [0.1, 0.15) is 5.69 Å². The summed E-state index contributed by atoms with van der Waals surface area (Å²) in [6, 6.07) is 3.00. The second-order valence-corrected chi connectivity index (χ2v) is 2.50. The first-order valence-electron chi connectivity index (χ1n) is 3.92. The van der Waals surface area contributed by atoms with E-state index in [1.807, 2.05) is 0 Å². The average molecular weight is 173 g/mol. The second kappa shape index (κ2) is 4.26. The van der Waals surface area contributed by atoms with Crippen LogP contribution in [0.4, 0.5) is 0 Å². The van der Waals surface area contributed by atoms with E-state index in [9.17, 15) is 4.79 Å². The third-order valence-electron chi connectivity index (χ3n) is 1.60. The Labute approximate surface area is 76.9 Å². The van der Waals surface area contributed by atoms with Crippen LogP contribution in [0.5, 0.6) is 0 Å². The van der Waals surface area contributed by atoms with Crippen molar-refractivity contribution in [3.8, 4) is 0 Å². The molecule has 0 aliphatic carbocycles. The van der Waals surface area contributed by atoms with Crippen LogP contribution in [-0.4, -0.2) is 4.98 Å². The molecule has 0 saturated carbocycles. The lowest BCUT2D eigenvalue weighted by molar-refractivity contribution is 1.26. The summed E-state index contributed by atoms with van der Waals surface area (Å²) in [4.78, 5) is 14.0. The minimum absolute atomic E-state index is 0.0226. The maximum absolute atomic E-state index is 11.0. The molecule has 0 unspecified atom stereocenters. The molecule has 0 atom stereocenters. The van der Waals surface area contributed by atoms with Crippen LogP contribution in [0.25, 0.3) is 5.57 Å². The minimum atomic E-state index is -0.0226. The van der Waals surface area contributed by atoms with Crippen LogP contribution in [0.3, 0.4) is 0 Å². The van der Waals surface area contributed by atoms with Gasteiger partial charge in [-0.25, -0.2) is 0 Å². The lowest BCUT2D eigenvalue weighted by Gasteiger charge is -1.99.